The molecule has 0 radical (unpaired) electrons. The molecule has 0 spiro atoms. The molecule has 1 aromatic rings. The summed E-state index contributed by atoms with van der Waals surface area (Å²) in [4.78, 5) is 0. The SMILES string of the molecule is Cc1cc2c(o1)CCC(C)C2NC1CC1. The van der Waals surface area contributed by atoms with Crippen LogP contribution in [-0.2, 0) is 6.42 Å². The van der Waals surface area contributed by atoms with Crippen LogP contribution in [0.15, 0.2) is 10.5 Å². The van der Waals surface area contributed by atoms with E-state index in [4.69, 9.17) is 4.42 Å². The smallest absolute Gasteiger partial charge is 0.108 e. The Bertz CT molecular complexity index is 365. The summed E-state index contributed by atoms with van der Waals surface area (Å²) in [6.07, 6.45) is 5.09. The molecule has 0 saturated heterocycles. The van der Waals surface area contributed by atoms with Crippen molar-refractivity contribution < 1.29 is 4.42 Å². The Balaban J connectivity index is 1.89. The van der Waals surface area contributed by atoms with Crippen LogP contribution in [0.5, 0.6) is 0 Å². The van der Waals surface area contributed by atoms with Gasteiger partial charge in [-0.1, -0.05) is 6.92 Å². The van der Waals surface area contributed by atoms with Crippen LogP contribution in [0.25, 0.3) is 0 Å². The average Bonchev–Trinajstić information content (AvgIpc) is 2.93. The zero-order valence-electron chi connectivity index (χ0n) is 9.55. The molecule has 2 unspecified atom stereocenters. The number of rotatable bonds is 2. The lowest BCUT2D eigenvalue weighted by atomic mass is 9.84. The second-order valence-corrected chi connectivity index (χ2v) is 5.17. The van der Waals surface area contributed by atoms with Crippen LogP contribution in [-0.4, -0.2) is 6.04 Å². The predicted octanol–water partition coefficient (Wildman–Crippen LogP) is 2.96. The summed E-state index contributed by atoms with van der Waals surface area (Å²) in [5.41, 5.74) is 1.43. The van der Waals surface area contributed by atoms with Crippen LogP contribution in [0.4, 0.5) is 0 Å². The summed E-state index contributed by atoms with van der Waals surface area (Å²) >= 11 is 0. The molecule has 0 aromatic carbocycles. The molecule has 82 valence electrons. The molecule has 2 aliphatic carbocycles. The van der Waals surface area contributed by atoms with E-state index >= 15 is 0 Å². The third-order valence-electron chi connectivity index (χ3n) is 3.69. The normalized spacial score (nSPS) is 30.3. The second-order valence-electron chi connectivity index (χ2n) is 5.17. The summed E-state index contributed by atoms with van der Waals surface area (Å²) in [6.45, 7) is 4.41. The molecule has 15 heavy (non-hydrogen) atoms. The Morgan fingerprint density at radius 3 is 2.87 bits per heavy atom. The Morgan fingerprint density at radius 1 is 1.33 bits per heavy atom. The summed E-state index contributed by atoms with van der Waals surface area (Å²) in [7, 11) is 0. The molecular weight excluding hydrogens is 186 g/mol. The molecule has 1 N–H and O–H groups in total. The van der Waals surface area contributed by atoms with Gasteiger partial charge in [-0.2, -0.15) is 0 Å². The minimum Gasteiger partial charge on any atom is -0.466 e. The van der Waals surface area contributed by atoms with Gasteiger partial charge < -0.3 is 9.73 Å². The monoisotopic (exact) mass is 205 g/mol. The number of fused-ring (bicyclic) bond motifs is 1. The van der Waals surface area contributed by atoms with Gasteiger partial charge in [0.05, 0.1) is 0 Å². The van der Waals surface area contributed by atoms with Crippen molar-refractivity contribution in [1.82, 2.24) is 5.32 Å². The van der Waals surface area contributed by atoms with E-state index in [1.807, 2.05) is 0 Å². The van der Waals surface area contributed by atoms with Gasteiger partial charge in [-0.3, -0.25) is 0 Å². The van der Waals surface area contributed by atoms with E-state index in [2.05, 4.69) is 25.2 Å². The van der Waals surface area contributed by atoms with E-state index in [0.717, 1.165) is 24.1 Å². The molecule has 0 aliphatic heterocycles. The van der Waals surface area contributed by atoms with E-state index < -0.39 is 0 Å². The topological polar surface area (TPSA) is 25.2 Å². The molecule has 1 saturated carbocycles. The summed E-state index contributed by atoms with van der Waals surface area (Å²) < 4.78 is 5.75. The zero-order valence-corrected chi connectivity index (χ0v) is 9.55. The lowest BCUT2D eigenvalue weighted by Gasteiger charge is -2.29. The standard InChI is InChI=1S/C13H19NO/c1-8-3-6-12-11(7-9(2)15-12)13(8)14-10-4-5-10/h7-8,10,13-14H,3-6H2,1-2H3. The first-order valence-electron chi connectivity index (χ1n) is 6.09. The molecule has 0 bridgehead atoms. The molecule has 0 amide bonds. The van der Waals surface area contributed by atoms with Crippen molar-refractivity contribution in [2.24, 2.45) is 5.92 Å². The van der Waals surface area contributed by atoms with Crippen LogP contribution in [0, 0.1) is 12.8 Å². The summed E-state index contributed by atoms with van der Waals surface area (Å²) in [6, 6.07) is 3.54. The number of aryl methyl sites for hydroxylation is 2. The summed E-state index contributed by atoms with van der Waals surface area (Å²) in [5, 5.41) is 3.75. The number of hydrogen-bond acceptors (Lipinski definition) is 2. The molecule has 1 aromatic heterocycles. The first-order valence-corrected chi connectivity index (χ1v) is 6.09. The van der Waals surface area contributed by atoms with Crippen LogP contribution >= 0.6 is 0 Å². The maximum atomic E-state index is 5.75. The number of hydrogen-bond donors (Lipinski definition) is 1. The van der Waals surface area contributed by atoms with Gasteiger partial charge >= 0.3 is 0 Å². The maximum Gasteiger partial charge on any atom is 0.108 e. The van der Waals surface area contributed by atoms with E-state index in [0.29, 0.717) is 6.04 Å². The highest BCUT2D eigenvalue weighted by Gasteiger charge is 2.33. The third-order valence-corrected chi connectivity index (χ3v) is 3.69. The van der Waals surface area contributed by atoms with Gasteiger partial charge in [0.1, 0.15) is 11.5 Å². The first-order chi connectivity index (χ1) is 7.24. The van der Waals surface area contributed by atoms with Gasteiger partial charge in [-0.05, 0) is 38.2 Å². The van der Waals surface area contributed by atoms with Crippen molar-refractivity contribution in [1.29, 1.82) is 0 Å². The third kappa shape index (κ3) is 1.71. The van der Waals surface area contributed by atoms with Crippen molar-refractivity contribution in [3.05, 3.63) is 23.2 Å². The molecule has 2 aliphatic rings. The van der Waals surface area contributed by atoms with Crippen molar-refractivity contribution in [2.75, 3.05) is 0 Å². The Labute approximate surface area is 91.0 Å². The van der Waals surface area contributed by atoms with Crippen molar-refractivity contribution in [3.8, 4) is 0 Å². The van der Waals surface area contributed by atoms with Crippen molar-refractivity contribution in [2.45, 2.75) is 51.6 Å². The maximum absolute atomic E-state index is 5.75. The lowest BCUT2D eigenvalue weighted by Crippen LogP contribution is -2.31. The Hall–Kier alpha value is -0.760. The molecule has 2 heteroatoms. The van der Waals surface area contributed by atoms with Crippen LogP contribution < -0.4 is 5.32 Å². The predicted molar refractivity (Wildman–Crippen MR) is 59.8 cm³/mol. The van der Waals surface area contributed by atoms with Crippen molar-refractivity contribution >= 4 is 0 Å². The Morgan fingerprint density at radius 2 is 2.13 bits per heavy atom. The Kier molecular flexibility index (Phi) is 2.13. The molecule has 1 fully saturated rings. The van der Waals surface area contributed by atoms with Gasteiger partial charge in [0, 0.05) is 24.1 Å². The fourth-order valence-corrected chi connectivity index (χ4v) is 2.63. The van der Waals surface area contributed by atoms with E-state index in [1.54, 1.807) is 0 Å². The fraction of sp³-hybridized carbons (Fsp3) is 0.692. The highest BCUT2D eigenvalue weighted by atomic mass is 16.3. The van der Waals surface area contributed by atoms with Crippen LogP contribution in [0.2, 0.25) is 0 Å². The molecule has 3 rings (SSSR count). The zero-order chi connectivity index (χ0) is 10.4. The summed E-state index contributed by atoms with van der Waals surface area (Å²) in [5.74, 6) is 3.04. The quantitative estimate of drug-likeness (QED) is 0.803. The number of furan rings is 1. The van der Waals surface area contributed by atoms with Crippen molar-refractivity contribution in [3.63, 3.8) is 0 Å². The largest absolute Gasteiger partial charge is 0.466 e. The molecule has 2 atom stereocenters. The van der Waals surface area contributed by atoms with Gasteiger partial charge in [0.25, 0.3) is 0 Å². The number of nitrogens with one attached hydrogen (secondary N) is 1. The minimum atomic E-state index is 0.540. The lowest BCUT2D eigenvalue weighted by molar-refractivity contribution is 0.318. The fourth-order valence-electron chi connectivity index (χ4n) is 2.63. The second kappa shape index (κ2) is 3.38. The minimum absolute atomic E-state index is 0.540. The van der Waals surface area contributed by atoms with Crippen LogP contribution in [0.1, 0.15) is 49.3 Å². The molecule has 2 nitrogen and oxygen atoms in total. The van der Waals surface area contributed by atoms with E-state index in [-0.39, 0.29) is 0 Å². The van der Waals surface area contributed by atoms with E-state index in [9.17, 15) is 0 Å². The first kappa shape index (κ1) is 9.46. The highest BCUT2D eigenvalue weighted by Crippen LogP contribution is 2.38. The van der Waals surface area contributed by atoms with Gasteiger partial charge in [0.15, 0.2) is 0 Å². The molecule has 1 heterocycles. The van der Waals surface area contributed by atoms with Crippen LogP contribution in [0.3, 0.4) is 0 Å². The highest BCUT2D eigenvalue weighted by molar-refractivity contribution is 5.28. The molecular formula is C13H19NO. The van der Waals surface area contributed by atoms with E-state index in [1.165, 1.54) is 30.6 Å². The van der Waals surface area contributed by atoms with Gasteiger partial charge in [-0.25, -0.2) is 0 Å². The van der Waals surface area contributed by atoms with Gasteiger partial charge in [-0.15, -0.1) is 0 Å². The van der Waals surface area contributed by atoms with Gasteiger partial charge in [0.2, 0.25) is 0 Å². The average molecular weight is 205 g/mol.